The third-order valence-corrected chi connectivity index (χ3v) is 5.29. The van der Waals surface area contributed by atoms with Gasteiger partial charge in [-0.3, -0.25) is 0 Å². The summed E-state index contributed by atoms with van der Waals surface area (Å²) in [5, 5.41) is 8.66. The van der Waals surface area contributed by atoms with Gasteiger partial charge in [0.15, 0.2) is 0 Å². The molecule has 0 radical (unpaired) electrons. The number of hydrogen-bond donors (Lipinski definition) is 0. The zero-order valence-corrected chi connectivity index (χ0v) is 17.8. The van der Waals surface area contributed by atoms with Gasteiger partial charge in [-0.05, 0) is 37.1 Å². The molecular weight excluding hydrogens is 358 g/mol. The van der Waals surface area contributed by atoms with Gasteiger partial charge in [-0.15, -0.1) is 5.10 Å². The van der Waals surface area contributed by atoms with Crippen LogP contribution in [0.4, 0.5) is 0 Å². The first-order chi connectivity index (χ1) is 14.3. The third kappa shape index (κ3) is 5.93. The Hall–Kier alpha value is -2.62. The molecule has 3 rings (SSSR count). The van der Waals surface area contributed by atoms with Crippen molar-refractivity contribution in [2.75, 3.05) is 6.61 Å². The van der Waals surface area contributed by atoms with E-state index in [0.29, 0.717) is 12.5 Å². The number of unbranched alkanes of at least 4 members (excludes halogenated alkanes) is 5. The molecule has 29 heavy (non-hydrogen) atoms. The SMILES string of the molecule is CCCCCCCCC(/C=C(/OCC)n1nnc2ccccc21)c1ccccc1. The lowest BCUT2D eigenvalue weighted by Crippen LogP contribution is -2.07. The standard InChI is InChI=1S/C25H33N3O/c1-3-5-6-7-8-10-17-22(21-15-11-9-12-16-21)20-25(29-4-2)28-24-19-14-13-18-23(24)26-27-28/h9,11-16,18-20,22H,3-8,10,17H2,1-2H3/b25-20+. The van der Waals surface area contributed by atoms with E-state index in [9.17, 15) is 0 Å². The zero-order chi connectivity index (χ0) is 20.3. The number of allylic oxidation sites excluding steroid dienone is 1. The van der Waals surface area contributed by atoms with Gasteiger partial charge in [0.05, 0.1) is 12.1 Å². The number of rotatable bonds is 12. The van der Waals surface area contributed by atoms with Gasteiger partial charge in [-0.2, -0.15) is 4.68 Å². The maximum Gasteiger partial charge on any atom is 0.212 e. The fraction of sp³-hybridized carbons (Fsp3) is 0.440. The van der Waals surface area contributed by atoms with Crippen LogP contribution in [0.25, 0.3) is 16.9 Å². The van der Waals surface area contributed by atoms with Crippen LogP contribution in [0.1, 0.15) is 70.3 Å². The Morgan fingerprint density at radius 3 is 2.45 bits per heavy atom. The van der Waals surface area contributed by atoms with Crippen LogP contribution >= 0.6 is 0 Å². The molecule has 0 bridgehead atoms. The van der Waals surface area contributed by atoms with Gasteiger partial charge >= 0.3 is 0 Å². The second kappa shape index (κ2) is 11.4. The van der Waals surface area contributed by atoms with Crippen LogP contribution in [0.3, 0.4) is 0 Å². The van der Waals surface area contributed by atoms with Crippen LogP contribution in [-0.2, 0) is 4.74 Å². The molecule has 0 N–H and O–H groups in total. The van der Waals surface area contributed by atoms with E-state index in [2.05, 4.69) is 53.6 Å². The van der Waals surface area contributed by atoms with E-state index >= 15 is 0 Å². The maximum atomic E-state index is 6.03. The molecule has 0 amide bonds. The second-order valence-electron chi connectivity index (χ2n) is 7.50. The van der Waals surface area contributed by atoms with Crippen LogP contribution in [-0.4, -0.2) is 21.6 Å². The fourth-order valence-electron chi connectivity index (χ4n) is 3.72. The summed E-state index contributed by atoms with van der Waals surface area (Å²) in [5.74, 6) is 1.06. The number of ether oxygens (including phenoxy) is 1. The van der Waals surface area contributed by atoms with Crippen LogP contribution in [0, 0.1) is 0 Å². The Balaban J connectivity index is 1.83. The van der Waals surface area contributed by atoms with E-state index in [0.717, 1.165) is 23.3 Å². The molecule has 0 spiro atoms. The first-order valence-electron chi connectivity index (χ1n) is 11.0. The summed E-state index contributed by atoms with van der Waals surface area (Å²) >= 11 is 0. The minimum Gasteiger partial charge on any atom is -0.478 e. The van der Waals surface area contributed by atoms with Crippen molar-refractivity contribution >= 4 is 16.9 Å². The highest BCUT2D eigenvalue weighted by Gasteiger charge is 2.15. The summed E-state index contributed by atoms with van der Waals surface area (Å²) < 4.78 is 7.86. The molecule has 0 saturated carbocycles. The lowest BCUT2D eigenvalue weighted by Gasteiger charge is -2.17. The van der Waals surface area contributed by atoms with Gasteiger partial charge in [-0.1, -0.05) is 93.1 Å². The summed E-state index contributed by atoms with van der Waals surface area (Å²) in [6, 6.07) is 18.7. The largest absolute Gasteiger partial charge is 0.478 e. The molecule has 0 aliphatic carbocycles. The van der Waals surface area contributed by atoms with Gasteiger partial charge in [0.1, 0.15) is 5.52 Å². The van der Waals surface area contributed by atoms with Gasteiger partial charge in [0.25, 0.3) is 0 Å². The molecule has 154 valence electrons. The van der Waals surface area contributed by atoms with E-state index in [-0.39, 0.29) is 0 Å². The molecule has 0 saturated heterocycles. The Bertz CT molecular complexity index is 885. The van der Waals surface area contributed by atoms with E-state index in [1.807, 2.05) is 35.9 Å². The van der Waals surface area contributed by atoms with Gasteiger partial charge in [0.2, 0.25) is 5.88 Å². The number of nitrogens with zero attached hydrogens (tertiary/aromatic N) is 3. The number of fused-ring (bicyclic) bond motifs is 1. The van der Waals surface area contributed by atoms with E-state index in [4.69, 9.17) is 4.74 Å². The van der Waals surface area contributed by atoms with Gasteiger partial charge in [-0.25, -0.2) is 0 Å². The van der Waals surface area contributed by atoms with Crippen molar-refractivity contribution in [1.82, 2.24) is 15.0 Å². The van der Waals surface area contributed by atoms with Crippen molar-refractivity contribution in [2.45, 2.75) is 64.7 Å². The van der Waals surface area contributed by atoms with Crippen molar-refractivity contribution in [2.24, 2.45) is 0 Å². The lowest BCUT2D eigenvalue weighted by molar-refractivity contribution is 0.271. The molecule has 4 nitrogen and oxygen atoms in total. The molecule has 1 atom stereocenters. The minimum atomic E-state index is 0.298. The summed E-state index contributed by atoms with van der Waals surface area (Å²) in [7, 11) is 0. The summed E-state index contributed by atoms with van der Waals surface area (Å²) in [5.41, 5.74) is 3.17. The lowest BCUT2D eigenvalue weighted by atomic mass is 9.92. The van der Waals surface area contributed by atoms with Crippen LogP contribution in [0.5, 0.6) is 0 Å². The molecule has 2 aromatic carbocycles. The molecule has 1 heterocycles. The van der Waals surface area contributed by atoms with E-state index in [1.54, 1.807) is 0 Å². The molecule has 0 aliphatic heterocycles. The Labute approximate surface area is 174 Å². The van der Waals surface area contributed by atoms with Gasteiger partial charge < -0.3 is 4.74 Å². The Morgan fingerprint density at radius 2 is 1.66 bits per heavy atom. The summed E-state index contributed by atoms with van der Waals surface area (Å²) in [4.78, 5) is 0. The Morgan fingerprint density at radius 1 is 0.931 bits per heavy atom. The monoisotopic (exact) mass is 391 g/mol. The average molecular weight is 392 g/mol. The third-order valence-electron chi connectivity index (χ3n) is 5.29. The highest BCUT2D eigenvalue weighted by molar-refractivity contribution is 5.76. The van der Waals surface area contributed by atoms with Gasteiger partial charge in [0, 0.05) is 5.92 Å². The second-order valence-corrected chi connectivity index (χ2v) is 7.50. The molecule has 0 fully saturated rings. The quantitative estimate of drug-likeness (QED) is 0.252. The molecule has 1 unspecified atom stereocenters. The molecular formula is C25H33N3O. The number of hydrogen-bond acceptors (Lipinski definition) is 3. The predicted molar refractivity (Wildman–Crippen MR) is 121 cm³/mol. The number of benzene rings is 2. The van der Waals surface area contributed by atoms with Crippen LogP contribution < -0.4 is 0 Å². The first kappa shape index (κ1) is 21.1. The van der Waals surface area contributed by atoms with Crippen LogP contribution in [0.15, 0.2) is 60.7 Å². The van der Waals surface area contributed by atoms with Crippen molar-refractivity contribution in [3.05, 3.63) is 66.2 Å². The van der Waals surface area contributed by atoms with Crippen molar-refractivity contribution < 1.29 is 4.74 Å². The summed E-state index contributed by atoms with van der Waals surface area (Å²) in [6.07, 6.45) is 11.1. The topological polar surface area (TPSA) is 39.9 Å². The zero-order valence-electron chi connectivity index (χ0n) is 17.8. The predicted octanol–water partition coefficient (Wildman–Crippen LogP) is 6.80. The number of para-hydroxylation sites is 1. The smallest absolute Gasteiger partial charge is 0.212 e. The number of aromatic nitrogens is 3. The highest BCUT2D eigenvalue weighted by atomic mass is 16.5. The van der Waals surface area contributed by atoms with E-state index in [1.165, 1.54) is 44.1 Å². The Kier molecular flexibility index (Phi) is 8.29. The van der Waals surface area contributed by atoms with Crippen molar-refractivity contribution in [1.29, 1.82) is 0 Å². The summed E-state index contributed by atoms with van der Waals surface area (Å²) in [6.45, 7) is 4.87. The first-order valence-corrected chi connectivity index (χ1v) is 11.0. The molecule has 3 aromatic rings. The maximum absolute atomic E-state index is 6.03. The average Bonchev–Trinajstić information content (AvgIpc) is 3.19. The molecule has 0 aliphatic rings. The van der Waals surface area contributed by atoms with Crippen molar-refractivity contribution in [3.8, 4) is 0 Å². The molecule has 4 heteroatoms. The minimum absolute atomic E-state index is 0.298. The molecule has 1 aromatic heterocycles. The van der Waals surface area contributed by atoms with Crippen LogP contribution in [0.2, 0.25) is 0 Å². The van der Waals surface area contributed by atoms with Crippen molar-refractivity contribution in [3.63, 3.8) is 0 Å². The fourth-order valence-corrected chi connectivity index (χ4v) is 3.72. The normalized spacial score (nSPS) is 13.0. The highest BCUT2D eigenvalue weighted by Crippen LogP contribution is 2.28. The van der Waals surface area contributed by atoms with E-state index < -0.39 is 0 Å².